The number of halogens is 1. The first-order valence-corrected chi connectivity index (χ1v) is 7.54. The van der Waals surface area contributed by atoms with Crippen LogP contribution in [0.3, 0.4) is 0 Å². The van der Waals surface area contributed by atoms with E-state index in [4.69, 9.17) is 0 Å². The molecule has 108 valence electrons. The van der Waals surface area contributed by atoms with E-state index in [9.17, 15) is 0 Å². The van der Waals surface area contributed by atoms with Gasteiger partial charge in [0.15, 0.2) is 5.96 Å². The lowest BCUT2D eigenvalue weighted by molar-refractivity contribution is 0.410. The summed E-state index contributed by atoms with van der Waals surface area (Å²) in [4.78, 5) is 8.71. The van der Waals surface area contributed by atoms with Crippen LogP contribution in [0, 0.1) is 6.92 Å². The lowest BCUT2D eigenvalue weighted by Gasteiger charge is -2.24. The van der Waals surface area contributed by atoms with Crippen molar-refractivity contribution in [2.24, 2.45) is 4.99 Å². The van der Waals surface area contributed by atoms with Crippen molar-refractivity contribution in [3.05, 3.63) is 16.1 Å². The van der Waals surface area contributed by atoms with Gasteiger partial charge in [-0.1, -0.05) is 19.3 Å². The Morgan fingerprint density at radius 2 is 2.16 bits per heavy atom. The highest BCUT2D eigenvalue weighted by atomic mass is 127. The van der Waals surface area contributed by atoms with E-state index < -0.39 is 0 Å². The number of aryl methyl sites for hydroxylation is 1. The Kier molecular flexibility index (Phi) is 7.67. The van der Waals surface area contributed by atoms with Gasteiger partial charge in [0.05, 0.1) is 6.54 Å². The number of nitrogens with one attached hydrogen (secondary N) is 2. The third-order valence-corrected chi connectivity index (χ3v) is 4.21. The average Bonchev–Trinajstić information content (AvgIpc) is 2.81. The highest BCUT2D eigenvalue weighted by Crippen LogP contribution is 2.17. The Morgan fingerprint density at radius 3 is 2.74 bits per heavy atom. The lowest BCUT2D eigenvalue weighted by Crippen LogP contribution is -2.43. The smallest absolute Gasteiger partial charge is 0.191 e. The van der Waals surface area contributed by atoms with E-state index in [2.05, 4.69) is 26.0 Å². The molecule has 0 amide bonds. The van der Waals surface area contributed by atoms with Gasteiger partial charge in [0, 0.05) is 24.2 Å². The van der Waals surface area contributed by atoms with Crippen LogP contribution in [-0.4, -0.2) is 24.0 Å². The summed E-state index contributed by atoms with van der Waals surface area (Å²) in [5.41, 5.74) is 1.09. The van der Waals surface area contributed by atoms with Gasteiger partial charge in [0.2, 0.25) is 0 Å². The molecule has 1 heterocycles. The number of guanidine groups is 1. The first-order chi connectivity index (χ1) is 8.78. The molecule has 0 bridgehead atoms. The third kappa shape index (κ3) is 5.64. The molecule has 0 aromatic carbocycles. The molecule has 1 aromatic heterocycles. The second kappa shape index (κ2) is 8.73. The van der Waals surface area contributed by atoms with Crippen LogP contribution in [0.25, 0.3) is 0 Å². The monoisotopic (exact) mass is 394 g/mol. The van der Waals surface area contributed by atoms with Gasteiger partial charge < -0.3 is 10.6 Å². The van der Waals surface area contributed by atoms with Crippen molar-refractivity contribution in [3.63, 3.8) is 0 Å². The van der Waals surface area contributed by atoms with Crippen molar-refractivity contribution in [2.45, 2.75) is 51.6 Å². The van der Waals surface area contributed by atoms with E-state index in [0.29, 0.717) is 6.04 Å². The number of aromatic nitrogens is 1. The van der Waals surface area contributed by atoms with Crippen LogP contribution in [0.2, 0.25) is 0 Å². The predicted octanol–water partition coefficient (Wildman–Crippen LogP) is 3.07. The lowest BCUT2D eigenvalue weighted by atomic mass is 9.96. The molecule has 2 N–H and O–H groups in total. The molecular weight excluding hydrogens is 371 g/mol. The summed E-state index contributed by atoms with van der Waals surface area (Å²) < 4.78 is 0. The summed E-state index contributed by atoms with van der Waals surface area (Å²) in [6, 6.07) is 0.586. The molecule has 0 spiro atoms. The second-order valence-corrected chi connectivity index (χ2v) is 5.73. The molecule has 1 aliphatic rings. The minimum atomic E-state index is 0. The molecule has 0 unspecified atom stereocenters. The van der Waals surface area contributed by atoms with Gasteiger partial charge in [-0.25, -0.2) is 4.98 Å². The van der Waals surface area contributed by atoms with Gasteiger partial charge >= 0.3 is 0 Å². The second-order valence-electron chi connectivity index (χ2n) is 4.79. The van der Waals surface area contributed by atoms with Crippen molar-refractivity contribution in [3.8, 4) is 0 Å². The summed E-state index contributed by atoms with van der Waals surface area (Å²) in [5, 5.41) is 10.0. The minimum Gasteiger partial charge on any atom is -0.354 e. The van der Waals surface area contributed by atoms with Crippen LogP contribution in [0.15, 0.2) is 10.4 Å². The van der Waals surface area contributed by atoms with Gasteiger partial charge in [0.1, 0.15) is 5.01 Å². The topological polar surface area (TPSA) is 49.3 Å². The highest BCUT2D eigenvalue weighted by molar-refractivity contribution is 14.0. The summed E-state index contributed by atoms with van der Waals surface area (Å²) in [6.45, 7) is 2.78. The van der Waals surface area contributed by atoms with E-state index in [-0.39, 0.29) is 24.0 Å². The van der Waals surface area contributed by atoms with Gasteiger partial charge in [-0.15, -0.1) is 35.3 Å². The number of hydrogen-bond donors (Lipinski definition) is 2. The molecule has 4 nitrogen and oxygen atoms in total. The number of hydrogen-bond acceptors (Lipinski definition) is 3. The fourth-order valence-corrected chi connectivity index (χ4v) is 2.99. The first-order valence-electron chi connectivity index (χ1n) is 6.66. The average molecular weight is 394 g/mol. The van der Waals surface area contributed by atoms with E-state index in [1.807, 2.05) is 14.0 Å². The van der Waals surface area contributed by atoms with Gasteiger partial charge in [-0.2, -0.15) is 0 Å². The first kappa shape index (κ1) is 16.7. The fraction of sp³-hybridized carbons (Fsp3) is 0.692. The van der Waals surface area contributed by atoms with Gasteiger partial charge in [0.25, 0.3) is 0 Å². The zero-order valence-electron chi connectivity index (χ0n) is 11.6. The molecule has 0 saturated heterocycles. The third-order valence-electron chi connectivity index (χ3n) is 3.24. The van der Waals surface area contributed by atoms with Crippen molar-refractivity contribution in [2.75, 3.05) is 7.05 Å². The molecule has 0 aliphatic heterocycles. The van der Waals surface area contributed by atoms with Crippen LogP contribution in [0.4, 0.5) is 0 Å². The van der Waals surface area contributed by atoms with E-state index >= 15 is 0 Å². The fourth-order valence-electron chi connectivity index (χ4n) is 2.28. The maximum absolute atomic E-state index is 4.44. The maximum Gasteiger partial charge on any atom is 0.191 e. The molecule has 2 rings (SSSR count). The van der Waals surface area contributed by atoms with E-state index in [1.165, 1.54) is 32.1 Å². The zero-order chi connectivity index (χ0) is 12.8. The molecule has 1 saturated carbocycles. The SMILES string of the molecule is CN=C(NCc1nc(C)cs1)NC1CCCCC1.I. The number of rotatable bonds is 3. The number of nitrogens with zero attached hydrogens (tertiary/aromatic N) is 2. The molecule has 1 aliphatic carbocycles. The van der Waals surface area contributed by atoms with Crippen molar-refractivity contribution in [1.29, 1.82) is 0 Å². The van der Waals surface area contributed by atoms with E-state index in [1.54, 1.807) is 11.3 Å². The standard InChI is InChI=1S/C13H22N4S.HI/c1-10-9-18-12(16-10)8-15-13(14-2)17-11-6-4-3-5-7-11;/h9,11H,3-8H2,1-2H3,(H2,14,15,17);1H. The minimum absolute atomic E-state index is 0. The van der Waals surface area contributed by atoms with Crippen LogP contribution in [0.5, 0.6) is 0 Å². The molecule has 0 atom stereocenters. The summed E-state index contributed by atoms with van der Waals surface area (Å²) in [6.07, 6.45) is 6.57. The number of thiazole rings is 1. The van der Waals surface area contributed by atoms with Crippen LogP contribution >= 0.6 is 35.3 Å². The van der Waals surface area contributed by atoms with E-state index in [0.717, 1.165) is 23.2 Å². The summed E-state index contributed by atoms with van der Waals surface area (Å²) in [5.74, 6) is 0.898. The van der Waals surface area contributed by atoms with Crippen molar-refractivity contribution < 1.29 is 0 Å². The predicted molar refractivity (Wildman–Crippen MR) is 92.5 cm³/mol. The molecular formula is C13H23IN4S. The van der Waals surface area contributed by atoms with Crippen LogP contribution in [-0.2, 0) is 6.54 Å². The quantitative estimate of drug-likeness (QED) is 0.471. The molecule has 1 fully saturated rings. The van der Waals surface area contributed by atoms with Crippen molar-refractivity contribution in [1.82, 2.24) is 15.6 Å². The normalized spacial score (nSPS) is 16.8. The Hall–Kier alpha value is -0.370. The van der Waals surface area contributed by atoms with Crippen molar-refractivity contribution >= 4 is 41.3 Å². The zero-order valence-corrected chi connectivity index (χ0v) is 14.8. The summed E-state index contributed by atoms with van der Waals surface area (Å²) in [7, 11) is 1.82. The van der Waals surface area contributed by atoms with Gasteiger partial charge in [-0.3, -0.25) is 4.99 Å². The molecule has 0 radical (unpaired) electrons. The molecule has 6 heteroatoms. The molecule has 19 heavy (non-hydrogen) atoms. The Labute approximate surface area is 136 Å². The Morgan fingerprint density at radius 1 is 1.42 bits per heavy atom. The Balaban J connectivity index is 0.00000180. The molecule has 1 aromatic rings. The Bertz CT molecular complexity index is 399. The van der Waals surface area contributed by atoms with Crippen LogP contribution in [0.1, 0.15) is 42.8 Å². The maximum atomic E-state index is 4.44. The van der Waals surface area contributed by atoms with Crippen LogP contribution < -0.4 is 10.6 Å². The van der Waals surface area contributed by atoms with Gasteiger partial charge in [-0.05, 0) is 19.8 Å². The largest absolute Gasteiger partial charge is 0.354 e. The highest BCUT2D eigenvalue weighted by Gasteiger charge is 2.14. The summed E-state index contributed by atoms with van der Waals surface area (Å²) >= 11 is 1.69. The number of aliphatic imine (C=N–C) groups is 1.